The number of urea groups is 1. The molecule has 0 bridgehead atoms. The molecule has 1 saturated heterocycles. The Morgan fingerprint density at radius 3 is 2.25 bits per heavy atom. The van der Waals surface area contributed by atoms with Crippen molar-refractivity contribution in [3.8, 4) is 11.5 Å². The lowest BCUT2D eigenvalue weighted by molar-refractivity contribution is -0.122. The minimum atomic E-state index is -4.17. The summed E-state index contributed by atoms with van der Waals surface area (Å²) in [4.78, 5) is 50.7. The number of nitrogens with one attached hydrogen (secondary N) is 1. The number of carbonyl (C=O) groups is 4. The summed E-state index contributed by atoms with van der Waals surface area (Å²) in [5.41, 5.74) is 1.15. The fraction of sp³-hybridized carbons (Fsp3) is 0.143. The van der Waals surface area contributed by atoms with Crippen LogP contribution >= 0.6 is 0 Å². The summed E-state index contributed by atoms with van der Waals surface area (Å²) in [7, 11) is -2.95. The molecule has 206 valence electrons. The van der Waals surface area contributed by atoms with Crippen LogP contribution in [-0.2, 0) is 24.4 Å². The van der Waals surface area contributed by atoms with Crippen LogP contribution in [0.25, 0.3) is 6.08 Å². The fourth-order valence-electron chi connectivity index (χ4n) is 3.75. The van der Waals surface area contributed by atoms with Gasteiger partial charge in [-0.15, -0.1) is 0 Å². The van der Waals surface area contributed by atoms with Gasteiger partial charge >= 0.3 is 22.1 Å². The van der Waals surface area contributed by atoms with Crippen molar-refractivity contribution in [1.82, 2.24) is 5.32 Å². The maximum atomic E-state index is 13.2. The molecule has 0 radical (unpaired) electrons. The zero-order valence-electron chi connectivity index (χ0n) is 21.7. The van der Waals surface area contributed by atoms with Crippen molar-refractivity contribution in [3.63, 3.8) is 0 Å². The van der Waals surface area contributed by atoms with E-state index in [1.165, 1.54) is 67.8 Å². The van der Waals surface area contributed by atoms with Gasteiger partial charge in [0.05, 0.1) is 25.0 Å². The van der Waals surface area contributed by atoms with Gasteiger partial charge < -0.3 is 13.7 Å². The first-order valence-corrected chi connectivity index (χ1v) is 13.3. The average molecular weight is 565 g/mol. The summed E-state index contributed by atoms with van der Waals surface area (Å²) in [6, 6.07) is 14.8. The number of imide groups is 2. The normalized spacial score (nSPS) is 14.6. The minimum Gasteiger partial charge on any atom is -0.490 e. The molecule has 4 amide bonds. The number of rotatable bonds is 8. The molecule has 1 heterocycles. The first-order valence-electron chi connectivity index (χ1n) is 11.9. The zero-order chi connectivity index (χ0) is 29.0. The maximum Gasteiger partial charge on any atom is 0.339 e. The van der Waals surface area contributed by atoms with Crippen molar-refractivity contribution in [2.24, 2.45) is 0 Å². The van der Waals surface area contributed by atoms with Gasteiger partial charge in [0.2, 0.25) is 0 Å². The summed E-state index contributed by atoms with van der Waals surface area (Å²) in [6.07, 6.45) is 1.24. The Bertz CT molecular complexity index is 1630. The molecule has 11 nitrogen and oxygen atoms in total. The molecular formula is C28H24N2O9S. The number of ether oxygens (including phenoxy) is 2. The number of amides is 4. The van der Waals surface area contributed by atoms with E-state index in [1.54, 1.807) is 19.1 Å². The first-order chi connectivity index (χ1) is 19.0. The van der Waals surface area contributed by atoms with Gasteiger partial charge in [0.15, 0.2) is 11.5 Å². The number of methoxy groups -OCH3 is 1. The van der Waals surface area contributed by atoms with Gasteiger partial charge in [-0.25, -0.2) is 14.5 Å². The van der Waals surface area contributed by atoms with Crippen LogP contribution < -0.4 is 19.1 Å². The summed E-state index contributed by atoms with van der Waals surface area (Å²) in [6.45, 7) is 3.69. The number of anilines is 1. The minimum absolute atomic E-state index is 0.0411. The zero-order valence-corrected chi connectivity index (χ0v) is 22.5. The van der Waals surface area contributed by atoms with Crippen LogP contribution in [0.3, 0.4) is 0 Å². The number of hydrogen-bond acceptors (Lipinski definition) is 9. The molecule has 0 aromatic heterocycles. The van der Waals surface area contributed by atoms with E-state index >= 15 is 0 Å². The summed E-state index contributed by atoms with van der Waals surface area (Å²) in [5.74, 6) is -2.45. The van der Waals surface area contributed by atoms with E-state index in [0.29, 0.717) is 5.56 Å². The van der Waals surface area contributed by atoms with Crippen molar-refractivity contribution in [2.45, 2.75) is 18.7 Å². The number of hydrogen-bond donors (Lipinski definition) is 1. The highest BCUT2D eigenvalue weighted by atomic mass is 32.2. The van der Waals surface area contributed by atoms with E-state index in [1.807, 2.05) is 6.92 Å². The molecule has 1 N–H and O–H groups in total. The Kier molecular flexibility index (Phi) is 8.00. The predicted molar refractivity (Wildman–Crippen MR) is 143 cm³/mol. The second-order valence-corrected chi connectivity index (χ2v) is 10.0. The van der Waals surface area contributed by atoms with Crippen LogP contribution in [0.15, 0.2) is 77.2 Å². The Labute approximate surface area is 230 Å². The number of benzene rings is 3. The third-order valence-corrected chi connectivity index (χ3v) is 6.98. The Morgan fingerprint density at radius 2 is 1.62 bits per heavy atom. The lowest BCUT2D eigenvalue weighted by Gasteiger charge is -2.26. The van der Waals surface area contributed by atoms with Crippen LogP contribution in [0.1, 0.15) is 28.4 Å². The molecule has 0 saturated carbocycles. The molecular weight excluding hydrogens is 540 g/mol. The van der Waals surface area contributed by atoms with E-state index in [2.05, 4.69) is 10.1 Å². The van der Waals surface area contributed by atoms with Gasteiger partial charge in [-0.05, 0) is 74.0 Å². The van der Waals surface area contributed by atoms with Crippen LogP contribution in [0.2, 0.25) is 0 Å². The third kappa shape index (κ3) is 5.86. The van der Waals surface area contributed by atoms with Gasteiger partial charge in [-0.3, -0.25) is 14.9 Å². The van der Waals surface area contributed by atoms with Crippen molar-refractivity contribution in [1.29, 1.82) is 0 Å². The number of nitrogens with zero attached hydrogens (tertiary/aromatic N) is 1. The molecule has 40 heavy (non-hydrogen) atoms. The molecule has 1 aliphatic rings. The Hall–Kier alpha value is -4.97. The van der Waals surface area contributed by atoms with Gasteiger partial charge in [0.1, 0.15) is 10.5 Å². The Balaban J connectivity index is 1.65. The molecule has 0 atom stereocenters. The van der Waals surface area contributed by atoms with Crippen molar-refractivity contribution < 1.29 is 41.3 Å². The first kappa shape index (κ1) is 28.0. The van der Waals surface area contributed by atoms with Gasteiger partial charge in [0, 0.05) is 0 Å². The van der Waals surface area contributed by atoms with Crippen LogP contribution in [0, 0.1) is 6.92 Å². The summed E-state index contributed by atoms with van der Waals surface area (Å²) < 4.78 is 41.1. The highest BCUT2D eigenvalue weighted by Gasteiger charge is 2.37. The monoisotopic (exact) mass is 564 g/mol. The maximum absolute atomic E-state index is 13.2. The van der Waals surface area contributed by atoms with E-state index in [4.69, 9.17) is 8.92 Å². The predicted octanol–water partition coefficient (Wildman–Crippen LogP) is 3.61. The van der Waals surface area contributed by atoms with Crippen molar-refractivity contribution >= 4 is 45.7 Å². The number of esters is 1. The molecule has 0 aliphatic carbocycles. The third-order valence-electron chi connectivity index (χ3n) is 5.74. The van der Waals surface area contributed by atoms with Crippen LogP contribution in [0.5, 0.6) is 11.5 Å². The molecule has 12 heteroatoms. The molecule has 3 aromatic carbocycles. The highest BCUT2D eigenvalue weighted by Crippen LogP contribution is 2.32. The molecule has 0 spiro atoms. The number of barbiturate groups is 1. The molecule has 1 aliphatic heterocycles. The molecule has 0 unspecified atom stereocenters. The topological polar surface area (TPSA) is 145 Å². The van der Waals surface area contributed by atoms with E-state index in [0.717, 1.165) is 10.5 Å². The lowest BCUT2D eigenvalue weighted by Crippen LogP contribution is -2.54. The molecule has 3 aromatic rings. The van der Waals surface area contributed by atoms with Gasteiger partial charge in [0.25, 0.3) is 11.8 Å². The second-order valence-electron chi connectivity index (χ2n) is 8.49. The Morgan fingerprint density at radius 1 is 0.950 bits per heavy atom. The molecule has 1 fully saturated rings. The van der Waals surface area contributed by atoms with E-state index in [9.17, 15) is 27.6 Å². The second kappa shape index (κ2) is 11.4. The SMILES string of the molecule is CCOc1cc(/C=C2\C(=O)NC(=O)N(c3ccc(C(=O)OC)cc3)C2=O)ccc1OS(=O)(=O)c1ccc(C)cc1. The van der Waals surface area contributed by atoms with Gasteiger partial charge in [-0.1, -0.05) is 23.8 Å². The summed E-state index contributed by atoms with van der Waals surface area (Å²) >= 11 is 0. The quantitative estimate of drug-likeness (QED) is 0.188. The highest BCUT2D eigenvalue weighted by molar-refractivity contribution is 7.87. The van der Waals surface area contributed by atoms with Crippen LogP contribution in [-0.4, -0.2) is 45.9 Å². The van der Waals surface area contributed by atoms with Crippen molar-refractivity contribution in [3.05, 3.63) is 89.0 Å². The number of aryl methyl sites for hydroxylation is 1. The average Bonchev–Trinajstić information content (AvgIpc) is 2.92. The fourth-order valence-corrected chi connectivity index (χ4v) is 4.69. The van der Waals surface area contributed by atoms with E-state index in [-0.39, 0.29) is 39.8 Å². The lowest BCUT2D eigenvalue weighted by atomic mass is 10.1. The smallest absolute Gasteiger partial charge is 0.339 e. The largest absolute Gasteiger partial charge is 0.490 e. The molecule has 4 rings (SSSR count). The number of carbonyl (C=O) groups excluding carboxylic acids is 4. The van der Waals surface area contributed by atoms with E-state index < -0.39 is 33.9 Å². The van der Waals surface area contributed by atoms with Crippen LogP contribution in [0.4, 0.5) is 10.5 Å². The summed E-state index contributed by atoms with van der Waals surface area (Å²) in [5, 5.41) is 2.11. The van der Waals surface area contributed by atoms with Crippen molar-refractivity contribution in [2.75, 3.05) is 18.6 Å². The standard InChI is InChI=1S/C28H24N2O9S/c1-4-38-24-16-18(7-14-23(24)39-40(35,36)21-12-5-17(2)6-13-21)15-22-25(31)29-28(34)30(26(22)32)20-10-8-19(9-11-20)27(33)37-3/h5-16H,4H2,1-3H3,(H,29,31,34)/b22-15+. The van der Waals surface area contributed by atoms with Gasteiger partial charge in [-0.2, -0.15) is 8.42 Å².